The Morgan fingerprint density at radius 1 is 1.27 bits per heavy atom. The van der Waals surface area contributed by atoms with Gasteiger partial charge in [-0.3, -0.25) is 4.99 Å². The van der Waals surface area contributed by atoms with Crippen LogP contribution in [0, 0.1) is 5.92 Å². The highest BCUT2D eigenvalue weighted by Gasteiger charge is 2.28. The van der Waals surface area contributed by atoms with Crippen LogP contribution in [0.15, 0.2) is 4.99 Å². The minimum atomic E-state index is -2.85. The SMILES string of the molecule is CCCN1CCC(CNC(=NC)NC2CCS(=O)(=O)C2)CC1. The van der Waals surface area contributed by atoms with E-state index in [1.807, 2.05) is 0 Å². The standard InChI is InChI=1S/C15H30N4O2S/c1-3-7-19-8-4-13(5-9-19)11-17-15(16-2)18-14-6-10-22(20,21)12-14/h13-14H,3-12H2,1-2H3,(H2,16,17,18). The third-order valence-corrected chi connectivity index (χ3v) is 6.37. The van der Waals surface area contributed by atoms with Crippen LogP contribution in [-0.2, 0) is 9.84 Å². The van der Waals surface area contributed by atoms with Gasteiger partial charge >= 0.3 is 0 Å². The molecule has 2 heterocycles. The zero-order chi connectivity index (χ0) is 16.0. The largest absolute Gasteiger partial charge is 0.356 e. The van der Waals surface area contributed by atoms with Gasteiger partial charge in [0, 0.05) is 19.6 Å². The number of sulfone groups is 1. The molecular weight excluding hydrogens is 300 g/mol. The van der Waals surface area contributed by atoms with Crippen molar-refractivity contribution >= 4 is 15.8 Å². The molecule has 128 valence electrons. The minimum Gasteiger partial charge on any atom is -0.356 e. The van der Waals surface area contributed by atoms with Crippen molar-refractivity contribution in [3.05, 3.63) is 0 Å². The second kappa shape index (κ2) is 8.15. The molecule has 2 saturated heterocycles. The maximum absolute atomic E-state index is 11.5. The van der Waals surface area contributed by atoms with Crippen LogP contribution in [0.3, 0.4) is 0 Å². The number of hydrogen-bond donors (Lipinski definition) is 2. The van der Waals surface area contributed by atoms with Gasteiger partial charge in [0.2, 0.25) is 0 Å². The highest BCUT2D eigenvalue weighted by molar-refractivity contribution is 7.91. The molecule has 0 aromatic carbocycles. The summed E-state index contributed by atoms with van der Waals surface area (Å²) < 4.78 is 23.0. The molecule has 2 fully saturated rings. The topological polar surface area (TPSA) is 73.8 Å². The van der Waals surface area contributed by atoms with Crippen LogP contribution in [0.2, 0.25) is 0 Å². The molecule has 0 aromatic rings. The first-order valence-electron chi connectivity index (χ1n) is 8.42. The predicted octanol–water partition coefficient (Wildman–Crippen LogP) is 0.461. The van der Waals surface area contributed by atoms with E-state index in [1.54, 1.807) is 7.05 Å². The number of hydrogen-bond acceptors (Lipinski definition) is 4. The molecule has 0 saturated carbocycles. The van der Waals surface area contributed by atoms with E-state index in [4.69, 9.17) is 0 Å². The summed E-state index contributed by atoms with van der Waals surface area (Å²) in [6, 6.07) is 0.00241. The van der Waals surface area contributed by atoms with Gasteiger partial charge in [-0.2, -0.15) is 0 Å². The highest BCUT2D eigenvalue weighted by Crippen LogP contribution is 2.16. The van der Waals surface area contributed by atoms with Gasteiger partial charge in [0.1, 0.15) is 0 Å². The van der Waals surface area contributed by atoms with E-state index in [-0.39, 0.29) is 17.5 Å². The summed E-state index contributed by atoms with van der Waals surface area (Å²) in [6.07, 6.45) is 4.35. The lowest BCUT2D eigenvalue weighted by atomic mass is 9.97. The number of piperidine rings is 1. The number of aliphatic imine (C=N–C) groups is 1. The van der Waals surface area contributed by atoms with Crippen molar-refractivity contribution in [2.45, 2.75) is 38.6 Å². The van der Waals surface area contributed by atoms with Crippen LogP contribution in [0.1, 0.15) is 32.6 Å². The number of rotatable bonds is 5. The van der Waals surface area contributed by atoms with Crippen molar-refractivity contribution < 1.29 is 8.42 Å². The van der Waals surface area contributed by atoms with E-state index in [1.165, 1.54) is 38.9 Å². The Morgan fingerprint density at radius 2 is 2.00 bits per heavy atom. The van der Waals surface area contributed by atoms with E-state index in [0.29, 0.717) is 12.3 Å². The molecule has 0 amide bonds. The van der Waals surface area contributed by atoms with Gasteiger partial charge < -0.3 is 15.5 Å². The lowest BCUT2D eigenvalue weighted by molar-refractivity contribution is 0.185. The second-order valence-corrected chi connectivity index (χ2v) is 8.71. The number of guanidine groups is 1. The second-order valence-electron chi connectivity index (χ2n) is 6.48. The minimum absolute atomic E-state index is 0.00241. The first-order chi connectivity index (χ1) is 10.5. The Hall–Kier alpha value is -0.820. The Kier molecular flexibility index (Phi) is 6.50. The lowest BCUT2D eigenvalue weighted by Gasteiger charge is -2.32. The summed E-state index contributed by atoms with van der Waals surface area (Å²) >= 11 is 0. The van der Waals surface area contributed by atoms with E-state index < -0.39 is 9.84 Å². The van der Waals surface area contributed by atoms with E-state index in [2.05, 4.69) is 27.4 Å². The molecule has 0 aliphatic carbocycles. The molecule has 2 rings (SSSR count). The maximum Gasteiger partial charge on any atom is 0.191 e. The fraction of sp³-hybridized carbons (Fsp3) is 0.933. The van der Waals surface area contributed by atoms with Crippen molar-refractivity contribution in [2.24, 2.45) is 10.9 Å². The molecule has 0 bridgehead atoms. The van der Waals surface area contributed by atoms with Crippen LogP contribution in [0.25, 0.3) is 0 Å². The Bertz CT molecular complexity index is 470. The predicted molar refractivity (Wildman–Crippen MR) is 91.0 cm³/mol. The molecule has 7 heteroatoms. The molecule has 2 aliphatic heterocycles. The van der Waals surface area contributed by atoms with Crippen molar-refractivity contribution in [3.63, 3.8) is 0 Å². The fourth-order valence-electron chi connectivity index (χ4n) is 3.27. The molecule has 6 nitrogen and oxygen atoms in total. The first kappa shape index (κ1) is 17.5. The Labute approximate surface area is 134 Å². The first-order valence-corrected chi connectivity index (χ1v) is 10.2. The van der Waals surface area contributed by atoms with Gasteiger partial charge in [-0.1, -0.05) is 6.92 Å². The Balaban J connectivity index is 1.69. The van der Waals surface area contributed by atoms with Crippen LogP contribution in [0.4, 0.5) is 0 Å². The molecule has 1 atom stereocenters. The molecule has 0 aromatic heterocycles. The van der Waals surface area contributed by atoms with Gasteiger partial charge in [-0.05, 0) is 51.2 Å². The smallest absolute Gasteiger partial charge is 0.191 e. The molecule has 2 N–H and O–H groups in total. The van der Waals surface area contributed by atoms with Crippen molar-refractivity contribution in [1.29, 1.82) is 0 Å². The normalized spacial score (nSPS) is 27.0. The van der Waals surface area contributed by atoms with Crippen LogP contribution in [0.5, 0.6) is 0 Å². The summed E-state index contributed by atoms with van der Waals surface area (Å²) in [5, 5.41) is 6.60. The van der Waals surface area contributed by atoms with Crippen LogP contribution >= 0.6 is 0 Å². The summed E-state index contributed by atoms with van der Waals surface area (Å²) in [5.41, 5.74) is 0. The quantitative estimate of drug-likeness (QED) is 0.566. The fourth-order valence-corrected chi connectivity index (χ4v) is 4.94. The number of nitrogens with one attached hydrogen (secondary N) is 2. The van der Waals surface area contributed by atoms with Gasteiger partial charge in [0.25, 0.3) is 0 Å². The summed E-state index contributed by atoms with van der Waals surface area (Å²) in [5.74, 6) is 1.93. The maximum atomic E-state index is 11.5. The summed E-state index contributed by atoms with van der Waals surface area (Å²) in [6.45, 7) is 6.73. The van der Waals surface area contributed by atoms with Crippen molar-refractivity contribution in [3.8, 4) is 0 Å². The molecule has 1 unspecified atom stereocenters. The third-order valence-electron chi connectivity index (χ3n) is 4.60. The molecule has 0 spiro atoms. The van der Waals surface area contributed by atoms with E-state index in [0.717, 1.165) is 12.5 Å². The Morgan fingerprint density at radius 3 is 2.55 bits per heavy atom. The van der Waals surface area contributed by atoms with Crippen molar-refractivity contribution in [2.75, 3.05) is 44.7 Å². The summed E-state index contributed by atoms with van der Waals surface area (Å²) in [4.78, 5) is 6.75. The summed E-state index contributed by atoms with van der Waals surface area (Å²) in [7, 11) is -1.11. The number of nitrogens with zero attached hydrogens (tertiary/aromatic N) is 2. The van der Waals surface area contributed by atoms with Crippen LogP contribution < -0.4 is 10.6 Å². The lowest BCUT2D eigenvalue weighted by Crippen LogP contribution is -2.46. The molecule has 22 heavy (non-hydrogen) atoms. The monoisotopic (exact) mass is 330 g/mol. The molecule has 2 aliphatic rings. The molecule has 0 radical (unpaired) electrons. The van der Waals surface area contributed by atoms with E-state index >= 15 is 0 Å². The average Bonchev–Trinajstić information content (AvgIpc) is 2.84. The zero-order valence-corrected chi connectivity index (χ0v) is 14.7. The zero-order valence-electron chi connectivity index (χ0n) is 13.8. The average molecular weight is 330 g/mol. The van der Waals surface area contributed by atoms with Crippen molar-refractivity contribution in [1.82, 2.24) is 15.5 Å². The van der Waals surface area contributed by atoms with Crippen LogP contribution in [-0.4, -0.2) is 70.1 Å². The third kappa shape index (κ3) is 5.43. The highest BCUT2D eigenvalue weighted by atomic mass is 32.2. The van der Waals surface area contributed by atoms with Gasteiger partial charge in [0.05, 0.1) is 11.5 Å². The number of likely N-dealkylation sites (tertiary alicyclic amines) is 1. The molecular formula is C15H30N4O2S. The van der Waals surface area contributed by atoms with Gasteiger partial charge in [-0.15, -0.1) is 0 Å². The van der Waals surface area contributed by atoms with E-state index in [9.17, 15) is 8.42 Å². The van der Waals surface area contributed by atoms with Gasteiger partial charge in [0.15, 0.2) is 15.8 Å². The van der Waals surface area contributed by atoms with Gasteiger partial charge in [-0.25, -0.2) is 8.42 Å².